The number of hydrogen-bond acceptors (Lipinski definition) is 5. The number of nitrogens with one attached hydrogen (secondary N) is 1. The minimum absolute atomic E-state index is 0.0606. The number of para-hydroxylation sites is 1. The fraction of sp³-hybridized carbons (Fsp3) is 0.333. The highest BCUT2D eigenvalue weighted by Crippen LogP contribution is 2.12. The zero-order valence-corrected chi connectivity index (χ0v) is 14.3. The Morgan fingerprint density at radius 3 is 2.60 bits per heavy atom. The molecule has 2 amide bonds. The standard InChI is InChI=1S/C18H21N3O4/c1-3-19-16(22)11-21(4-2)17(23)12-25-18(24)15-10-9-13-7-5-6-8-14(13)20-15/h5-10H,3-4,11-12H2,1-2H3,(H,19,22). The maximum atomic E-state index is 12.1. The van der Waals surface area contributed by atoms with Gasteiger partial charge < -0.3 is 15.0 Å². The summed E-state index contributed by atoms with van der Waals surface area (Å²) in [7, 11) is 0. The van der Waals surface area contributed by atoms with Gasteiger partial charge in [0.05, 0.1) is 12.1 Å². The first kappa shape index (κ1) is 18.4. The van der Waals surface area contributed by atoms with Gasteiger partial charge >= 0.3 is 5.97 Å². The molecule has 0 aliphatic heterocycles. The van der Waals surface area contributed by atoms with Gasteiger partial charge in [-0.2, -0.15) is 0 Å². The molecule has 1 heterocycles. The van der Waals surface area contributed by atoms with Crippen molar-refractivity contribution in [3.8, 4) is 0 Å². The minimum Gasteiger partial charge on any atom is -0.451 e. The number of nitrogens with zero attached hydrogens (tertiary/aromatic N) is 2. The first-order valence-corrected chi connectivity index (χ1v) is 8.12. The molecule has 0 aliphatic rings. The summed E-state index contributed by atoms with van der Waals surface area (Å²) in [6, 6.07) is 10.7. The van der Waals surface area contributed by atoms with Crippen LogP contribution in [0.3, 0.4) is 0 Å². The Balaban J connectivity index is 1.95. The lowest BCUT2D eigenvalue weighted by molar-refractivity contribution is -0.138. The molecule has 0 atom stereocenters. The molecule has 0 aliphatic carbocycles. The van der Waals surface area contributed by atoms with Gasteiger partial charge in [0.25, 0.3) is 5.91 Å². The van der Waals surface area contributed by atoms with Gasteiger partial charge in [-0.3, -0.25) is 9.59 Å². The second-order valence-electron chi connectivity index (χ2n) is 5.33. The quantitative estimate of drug-likeness (QED) is 0.767. The van der Waals surface area contributed by atoms with Crippen LogP contribution >= 0.6 is 0 Å². The molecule has 0 spiro atoms. The molecule has 1 aromatic heterocycles. The summed E-state index contributed by atoms with van der Waals surface area (Å²) in [6.07, 6.45) is 0. The molecule has 0 radical (unpaired) electrons. The van der Waals surface area contributed by atoms with Crippen molar-refractivity contribution < 1.29 is 19.1 Å². The van der Waals surface area contributed by atoms with Crippen LogP contribution < -0.4 is 5.32 Å². The Labute approximate surface area is 146 Å². The van der Waals surface area contributed by atoms with E-state index in [0.717, 1.165) is 5.39 Å². The van der Waals surface area contributed by atoms with Crippen LogP contribution in [0.4, 0.5) is 0 Å². The van der Waals surface area contributed by atoms with Gasteiger partial charge in [0, 0.05) is 18.5 Å². The fourth-order valence-corrected chi connectivity index (χ4v) is 2.27. The first-order chi connectivity index (χ1) is 12.0. The Hall–Kier alpha value is -2.96. The third-order valence-corrected chi connectivity index (χ3v) is 3.58. The van der Waals surface area contributed by atoms with Gasteiger partial charge in [-0.05, 0) is 26.0 Å². The van der Waals surface area contributed by atoms with Crippen LogP contribution in [0.2, 0.25) is 0 Å². The molecule has 25 heavy (non-hydrogen) atoms. The van der Waals surface area contributed by atoms with Crippen molar-refractivity contribution in [3.63, 3.8) is 0 Å². The maximum Gasteiger partial charge on any atom is 0.357 e. The van der Waals surface area contributed by atoms with E-state index in [4.69, 9.17) is 4.74 Å². The predicted octanol–water partition coefficient (Wildman–Crippen LogP) is 1.38. The number of likely N-dealkylation sites (N-methyl/N-ethyl adjacent to an activating group) is 2. The van der Waals surface area contributed by atoms with Crippen LogP contribution in [0.15, 0.2) is 36.4 Å². The molecule has 7 nitrogen and oxygen atoms in total. The molecule has 0 unspecified atom stereocenters. The monoisotopic (exact) mass is 343 g/mol. The number of rotatable bonds is 7. The second kappa shape index (κ2) is 8.77. The number of esters is 1. The number of aromatic nitrogens is 1. The number of fused-ring (bicyclic) bond motifs is 1. The highest BCUT2D eigenvalue weighted by Gasteiger charge is 2.18. The number of benzene rings is 1. The number of hydrogen-bond donors (Lipinski definition) is 1. The summed E-state index contributed by atoms with van der Waals surface area (Å²) >= 11 is 0. The molecule has 7 heteroatoms. The zero-order chi connectivity index (χ0) is 18.2. The molecule has 2 rings (SSSR count). The molecule has 0 bridgehead atoms. The lowest BCUT2D eigenvalue weighted by atomic mass is 10.2. The van der Waals surface area contributed by atoms with E-state index in [1.54, 1.807) is 32.0 Å². The van der Waals surface area contributed by atoms with Crippen molar-refractivity contribution in [1.82, 2.24) is 15.2 Å². The second-order valence-corrected chi connectivity index (χ2v) is 5.33. The summed E-state index contributed by atoms with van der Waals surface area (Å²) in [6.45, 7) is 3.91. The van der Waals surface area contributed by atoms with Crippen molar-refractivity contribution in [3.05, 3.63) is 42.1 Å². The van der Waals surface area contributed by atoms with Crippen molar-refractivity contribution in [2.24, 2.45) is 0 Å². The molecule has 0 fully saturated rings. The Morgan fingerprint density at radius 2 is 1.88 bits per heavy atom. The van der Waals surface area contributed by atoms with Gasteiger partial charge in [-0.25, -0.2) is 9.78 Å². The van der Waals surface area contributed by atoms with Gasteiger partial charge in [0.1, 0.15) is 5.69 Å². The third-order valence-electron chi connectivity index (χ3n) is 3.58. The molecular formula is C18H21N3O4. The van der Waals surface area contributed by atoms with E-state index < -0.39 is 18.5 Å². The van der Waals surface area contributed by atoms with Crippen LogP contribution in [0.25, 0.3) is 10.9 Å². The molecular weight excluding hydrogens is 322 g/mol. The zero-order valence-electron chi connectivity index (χ0n) is 14.3. The van der Waals surface area contributed by atoms with Crippen molar-refractivity contribution in [2.75, 3.05) is 26.2 Å². The first-order valence-electron chi connectivity index (χ1n) is 8.12. The van der Waals surface area contributed by atoms with E-state index in [2.05, 4.69) is 10.3 Å². The Bertz CT molecular complexity index is 776. The average molecular weight is 343 g/mol. The molecule has 0 saturated carbocycles. The van der Waals surface area contributed by atoms with Crippen molar-refractivity contribution in [1.29, 1.82) is 0 Å². The van der Waals surface area contributed by atoms with E-state index in [9.17, 15) is 14.4 Å². The van der Waals surface area contributed by atoms with Gasteiger partial charge in [-0.1, -0.05) is 24.3 Å². The van der Waals surface area contributed by atoms with E-state index >= 15 is 0 Å². The molecule has 1 N–H and O–H groups in total. The number of carbonyl (C=O) groups excluding carboxylic acids is 3. The van der Waals surface area contributed by atoms with Gasteiger partial charge in [-0.15, -0.1) is 0 Å². The Morgan fingerprint density at radius 1 is 1.12 bits per heavy atom. The fourth-order valence-electron chi connectivity index (χ4n) is 2.27. The third kappa shape index (κ3) is 5.00. The molecule has 2 aromatic rings. The average Bonchev–Trinajstić information content (AvgIpc) is 2.63. The largest absolute Gasteiger partial charge is 0.451 e. The lowest BCUT2D eigenvalue weighted by Gasteiger charge is -2.19. The lowest BCUT2D eigenvalue weighted by Crippen LogP contribution is -2.42. The summed E-state index contributed by atoms with van der Waals surface area (Å²) in [5.41, 5.74) is 0.813. The minimum atomic E-state index is -0.673. The van der Waals surface area contributed by atoms with E-state index in [1.807, 2.05) is 18.2 Å². The van der Waals surface area contributed by atoms with E-state index in [-0.39, 0.29) is 18.1 Å². The molecule has 0 saturated heterocycles. The Kier molecular flexibility index (Phi) is 6.45. The highest BCUT2D eigenvalue weighted by atomic mass is 16.5. The SMILES string of the molecule is CCNC(=O)CN(CC)C(=O)COC(=O)c1ccc2ccccc2n1. The summed E-state index contributed by atoms with van der Waals surface area (Å²) in [5.74, 6) is -1.35. The van der Waals surface area contributed by atoms with Gasteiger partial charge in [0.2, 0.25) is 5.91 Å². The van der Waals surface area contributed by atoms with Crippen LogP contribution in [-0.2, 0) is 14.3 Å². The number of carbonyl (C=O) groups is 3. The van der Waals surface area contributed by atoms with Crippen LogP contribution in [0.1, 0.15) is 24.3 Å². The van der Waals surface area contributed by atoms with Crippen LogP contribution in [0, 0.1) is 0 Å². The number of pyridine rings is 1. The van der Waals surface area contributed by atoms with Crippen molar-refractivity contribution >= 4 is 28.7 Å². The van der Waals surface area contributed by atoms with E-state index in [1.165, 1.54) is 4.90 Å². The number of amides is 2. The summed E-state index contributed by atoms with van der Waals surface area (Å²) in [5, 5.41) is 3.53. The predicted molar refractivity (Wildman–Crippen MR) is 93.0 cm³/mol. The normalized spacial score (nSPS) is 10.3. The van der Waals surface area contributed by atoms with Gasteiger partial charge in [0.15, 0.2) is 6.61 Å². The number of ether oxygens (including phenoxy) is 1. The van der Waals surface area contributed by atoms with Crippen LogP contribution in [-0.4, -0.2) is 53.9 Å². The topological polar surface area (TPSA) is 88.6 Å². The van der Waals surface area contributed by atoms with Crippen LogP contribution in [0.5, 0.6) is 0 Å². The molecule has 1 aromatic carbocycles. The summed E-state index contributed by atoms with van der Waals surface area (Å²) < 4.78 is 5.04. The van der Waals surface area contributed by atoms with Crippen molar-refractivity contribution in [2.45, 2.75) is 13.8 Å². The smallest absolute Gasteiger partial charge is 0.357 e. The molecule has 132 valence electrons. The van der Waals surface area contributed by atoms with E-state index in [0.29, 0.717) is 18.6 Å². The maximum absolute atomic E-state index is 12.1. The highest BCUT2D eigenvalue weighted by molar-refractivity contribution is 5.93. The summed E-state index contributed by atoms with van der Waals surface area (Å²) in [4.78, 5) is 41.3.